The van der Waals surface area contributed by atoms with Crippen molar-refractivity contribution < 1.29 is 19.2 Å². The molecule has 4 nitrogen and oxygen atoms in total. The van der Waals surface area contributed by atoms with Crippen LogP contribution in [-0.2, 0) is 4.79 Å². The van der Waals surface area contributed by atoms with Crippen molar-refractivity contribution >= 4 is 23.8 Å². The Balaban J connectivity index is 2.16. The fourth-order valence-electron chi connectivity index (χ4n) is 2.10. The topological polar surface area (TPSA) is 66.4 Å². The summed E-state index contributed by atoms with van der Waals surface area (Å²) in [5.74, 6) is -1.42. The van der Waals surface area contributed by atoms with E-state index in [4.69, 9.17) is 5.21 Å². The number of carbonyl (C=O) groups excluding carboxylic acids is 2. The van der Waals surface area contributed by atoms with Gasteiger partial charge in [0.1, 0.15) is 5.82 Å². The van der Waals surface area contributed by atoms with Crippen LogP contribution in [0, 0.1) is 12.7 Å². The van der Waals surface area contributed by atoms with Crippen LogP contribution in [0.1, 0.15) is 27.0 Å². The van der Waals surface area contributed by atoms with Crippen molar-refractivity contribution in [1.82, 2.24) is 5.48 Å². The molecule has 0 aromatic heterocycles. The largest absolute Gasteiger partial charge is 0.289 e. The van der Waals surface area contributed by atoms with Crippen LogP contribution in [0.5, 0.6) is 0 Å². The standard InChI is InChI=1S/C19H16FNO3/c1-13-4-2-3-5-16(13)18(22)10-9-15-8-6-14(12-17(15)20)7-11-19(23)21-24/h2-12,24H,1H3,(H,21,23). The SMILES string of the molecule is Cc1ccccc1C(=O)C=Cc1ccc(C=CC(=O)NO)cc1F. The van der Waals surface area contributed by atoms with Crippen LogP contribution in [0.4, 0.5) is 4.39 Å². The van der Waals surface area contributed by atoms with Gasteiger partial charge in [-0.3, -0.25) is 14.8 Å². The zero-order valence-electron chi connectivity index (χ0n) is 13.0. The van der Waals surface area contributed by atoms with Crippen LogP contribution < -0.4 is 5.48 Å². The molecule has 0 saturated carbocycles. The van der Waals surface area contributed by atoms with Gasteiger partial charge in [-0.1, -0.05) is 36.4 Å². The van der Waals surface area contributed by atoms with E-state index in [1.807, 2.05) is 19.1 Å². The van der Waals surface area contributed by atoms with Gasteiger partial charge in [-0.05, 0) is 42.3 Å². The lowest BCUT2D eigenvalue weighted by Crippen LogP contribution is -2.14. The Labute approximate surface area is 138 Å². The van der Waals surface area contributed by atoms with Crippen LogP contribution in [0.3, 0.4) is 0 Å². The highest BCUT2D eigenvalue weighted by Gasteiger charge is 2.05. The maximum Gasteiger partial charge on any atom is 0.267 e. The lowest BCUT2D eigenvalue weighted by atomic mass is 10.0. The third kappa shape index (κ3) is 4.47. The Hall–Kier alpha value is -3.05. The van der Waals surface area contributed by atoms with Gasteiger partial charge in [-0.15, -0.1) is 0 Å². The molecule has 0 bridgehead atoms. The Bertz CT molecular complexity index is 825. The van der Waals surface area contributed by atoms with Gasteiger partial charge in [-0.25, -0.2) is 9.87 Å². The quantitative estimate of drug-likeness (QED) is 0.382. The predicted octanol–water partition coefficient (Wildman–Crippen LogP) is 3.55. The van der Waals surface area contributed by atoms with Crippen LogP contribution in [0.25, 0.3) is 12.2 Å². The molecule has 0 unspecified atom stereocenters. The Morgan fingerprint density at radius 2 is 1.83 bits per heavy atom. The number of hydrogen-bond donors (Lipinski definition) is 2. The zero-order valence-corrected chi connectivity index (χ0v) is 13.0. The van der Waals surface area contributed by atoms with E-state index in [1.165, 1.54) is 35.8 Å². The van der Waals surface area contributed by atoms with Crippen LogP contribution in [0.2, 0.25) is 0 Å². The zero-order chi connectivity index (χ0) is 17.5. The maximum absolute atomic E-state index is 14.0. The minimum Gasteiger partial charge on any atom is -0.289 e. The molecule has 0 fully saturated rings. The second-order valence-electron chi connectivity index (χ2n) is 5.10. The summed E-state index contributed by atoms with van der Waals surface area (Å²) >= 11 is 0. The molecule has 0 aliphatic carbocycles. The first-order valence-corrected chi connectivity index (χ1v) is 7.21. The minimum atomic E-state index is -0.705. The van der Waals surface area contributed by atoms with Crippen molar-refractivity contribution in [3.05, 3.63) is 82.7 Å². The van der Waals surface area contributed by atoms with Crippen LogP contribution in [0.15, 0.2) is 54.6 Å². The number of aryl methyl sites for hydroxylation is 1. The second kappa shape index (κ2) is 7.99. The highest BCUT2D eigenvalue weighted by atomic mass is 19.1. The van der Waals surface area contributed by atoms with E-state index in [2.05, 4.69) is 0 Å². The summed E-state index contributed by atoms with van der Waals surface area (Å²) in [6.07, 6.45) is 5.18. The van der Waals surface area contributed by atoms with Crippen LogP contribution in [-0.4, -0.2) is 16.9 Å². The fraction of sp³-hybridized carbons (Fsp3) is 0.0526. The molecule has 0 aliphatic rings. The summed E-state index contributed by atoms with van der Waals surface area (Å²) in [5.41, 5.74) is 3.60. The number of nitrogens with one attached hydrogen (secondary N) is 1. The highest BCUT2D eigenvalue weighted by Crippen LogP contribution is 2.15. The van der Waals surface area contributed by atoms with E-state index >= 15 is 0 Å². The molecule has 2 N–H and O–H groups in total. The van der Waals surface area contributed by atoms with E-state index in [1.54, 1.807) is 18.2 Å². The lowest BCUT2D eigenvalue weighted by molar-refractivity contribution is -0.124. The molecule has 2 aromatic rings. The molecule has 0 heterocycles. The molecule has 0 spiro atoms. The number of allylic oxidation sites excluding steroid dienone is 1. The molecule has 0 saturated heterocycles. The number of ketones is 1. The number of carbonyl (C=O) groups is 2. The van der Waals surface area contributed by atoms with E-state index in [-0.39, 0.29) is 11.3 Å². The summed E-state index contributed by atoms with van der Waals surface area (Å²) in [6, 6.07) is 11.5. The fourth-order valence-corrected chi connectivity index (χ4v) is 2.10. The van der Waals surface area contributed by atoms with Gasteiger partial charge >= 0.3 is 0 Å². The van der Waals surface area contributed by atoms with E-state index in [9.17, 15) is 14.0 Å². The smallest absolute Gasteiger partial charge is 0.267 e. The average molecular weight is 325 g/mol. The Morgan fingerprint density at radius 1 is 1.08 bits per heavy atom. The molecular formula is C19H16FNO3. The minimum absolute atomic E-state index is 0.198. The van der Waals surface area contributed by atoms with Gasteiger partial charge in [0.25, 0.3) is 5.91 Å². The van der Waals surface area contributed by atoms with Crippen molar-refractivity contribution in [2.24, 2.45) is 0 Å². The Morgan fingerprint density at radius 3 is 2.50 bits per heavy atom. The lowest BCUT2D eigenvalue weighted by Gasteiger charge is -2.01. The summed E-state index contributed by atoms with van der Waals surface area (Å²) in [4.78, 5) is 23.0. The molecule has 0 aliphatic heterocycles. The maximum atomic E-state index is 14.0. The first kappa shape index (κ1) is 17.3. The normalized spacial score (nSPS) is 11.1. The predicted molar refractivity (Wildman–Crippen MR) is 89.9 cm³/mol. The molecule has 2 rings (SSSR count). The molecule has 5 heteroatoms. The van der Waals surface area contributed by atoms with Crippen molar-refractivity contribution in [1.29, 1.82) is 0 Å². The summed E-state index contributed by atoms with van der Waals surface area (Å²) in [5, 5.41) is 8.38. The van der Waals surface area contributed by atoms with E-state index in [0.29, 0.717) is 11.1 Å². The van der Waals surface area contributed by atoms with Crippen molar-refractivity contribution in [3.63, 3.8) is 0 Å². The van der Waals surface area contributed by atoms with Gasteiger partial charge in [-0.2, -0.15) is 0 Å². The number of amides is 1. The van der Waals surface area contributed by atoms with Gasteiger partial charge < -0.3 is 0 Å². The number of benzene rings is 2. The Kier molecular flexibility index (Phi) is 5.76. The second-order valence-corrected chi connectivity index (χ2v) is 5.10. The summed E-state index contributed by atoms with van der Waals surface area (Å²) in [7, 11) is 0. The number of hydroxylamine groups is 1. The number of rotatable bonds is 5. The van der Waals surface area contributed by atoms with Gasteiger partial charge in [0, 0.05) is 17.2 Å². The van der Waals surface area contributed by atoms with Crippen LogP contribution >= 0.6 is 0 Å². The molecule has 2 aromatic carbocycles. The first-order valence-electron chi connectivity index (χ1n) is 7.21. The van der Waals surface area contributed by atoms with Crippen molar-refractivity contribution in [3.8, 4) is 0 Å². The molecule has 0 atom stereocenters. The van der Waals surface area contributed by atoms with Crippen molar-refractivity contribution in [2.75, 3.05) is 0 Å². The third-order valence-electron chi connectivity index (χ3n) is 3.39. The summed E-state index contributed by atoms with van der Waals surface area (Å²) in [6.45, 7) is 1.84. The van der Waals surface area contributed by atoms with Gasteiger partial charge in [0.2, 0.25) is 0 Å². The number of halogens is 1. The molecule has 122 valence electrons. The average Bonchev–Trinajstić information content (AvgIpc) is 2.58. The number of hydrogen-bond acceptors (Lipinski definition) is 3. The van der Waals surface area contributed by atoms with E-state index in [0.717, 1.165) is 11.6 Å². The molecular weight excluding hydrogens is 309 g/mol. The first-order chi connectivity index (χ1) is 11.5. The molecule has 0 radical (unpaired) electrons. The molecule has 1 amide bonds. The molecule has 24 heavy (non-hydrogen) atoms. The van der Waals surface area contributed by atoms with E-state index < -0.39 is 11.7 Å². The van der Waals surface area contributed by atoms with Crippen molar-refractivity contribution in [2.45, 2.75) is 6.92 Å². The van der Waals surface area contributed by atoms with Gasteiger partial charge in [0.05, 0.1) is 0 Å². The third-order valence-corrected chi connectivity index (χ3v) is 3.39. The monoisotopic (exact) mass is 325 g/mol. The van der Waals surface area contributed by atoms with Gasteiger partial charge in [0.15, 0.2) is 5.78 Å². The summed E-state index contributed by atoms with van der Waals surface area (Å²) < 4.78 is 14.0. The highest BCUT2D eigenvalue weighted by molar-refractivity contribution is 6.07.